The Labute approximate surface area is 186 Å². The first-order valence-corrected chi connectivity index (χ1v) is 10.1. The first kappa shape index (κ1) is 24.7. The maximum atomic E-state index is 12.2. The molecule has 7 heteroatoms. The second-order valence-corrected chi connectivity index (χ2v) is 7.35. The monoisotopic (exact) mass is 502 g/mol. The zero-order valence-corrected chi connectivity index (χ0v) is 19.6. The first-order valence-electron chi connectivity index (χ1n) is 10.1. The molecule has 0 spiro atoms. The minimum atomic E-state index is -0.318. The van der Waals surface area contributed by atoms with Crippen LogP contribution in [0.1, 0.15) is 52.0 Å². The number of benzene rings is 1. The lowest BCUT2D eigenvalue weighted by molar-refractivity contribution is -0.124. The normalized spacial score (nSPS) is 16.6. The molecule has 1 fully saturated rings. The van der Waals surface area contributed by atoms with Gasteiger partial charge in [-0.2, -0.15) is 0 Å². The van der Waals surface area contributed by atoms with Gasteiger partial charge in [-0.15, -0.1) is 24.0 Å². The van der Waals surface area contributed by atoms with E-state index in [0.29, 0.717) is 13.2 Å². The number of hydrogen-bond donors (Lipinski definition) is 3. The topological polar surface area (TPSA) is 74.8 Å². The zero-order valence-electron chi connectivity index (χ0n) is 17.3. The number of nitrogens with one attached hydrogen (secondary N) is 3. The van der Waals surface area contributed by atoms with E-state index in [1.54, 1.807) is 0 Å². The van der Waals surface area contributed by atoms with E-state index in [-0.39, 0.29) is 36.0 Å². The second kappa shape index (κ2) is 13.8. The van der Waals surface area contributed by atoms with Crippen LogP contribution in [0, 0.1) is 5.92 Å². The number of nitrogens with zero attached hydrogens (tertiary/aromatic N) is 1. The van der Waals surface area contributed by atoms with Gasteiger partial charge >= 0.3 is 0 Å². The maximum Gasteiger partial charge on any atom is 0.253 e. The Morgan fingerprint density at radius 1 is 1.32 bits per heavy atom. The highest BCUT2D eigenvalue weighted by Gasteiger charge is 2.23. The van der Waals surface area contributed by atoms with Crippen molar-refractivity contribution >= 4 is 41.5 Å². The molecule has 0 bridgehead atoms. The number of ether oxygens (including phenoxy) is 1. The molecule has 3 N–H and O–H groups in total. The molecule has 0 aromatic heterocycles. The third-order valence-electron chi connectivity index (χ3n) is 4.43. The quantitative estimate of drug-likeness (QED) is 0.207. The molecule has 0 aliphatic carbocycles. The van der Waals surface area contributed by atoms with Gasteiger partial charge in [-0.3, -0.25) is 4.79 Å². The fourth-order valence-corrected chi connectivity index (χ4v) is 2.98. The standard InChI is InChI=1S/C21H34N4O2.HI/c1-4-22-21(23-12-6-8-16(2)3)24-15-17-9-5-10-18(14-17)25-20(26)19-11-7-13-27-19;/h5,9-10,14,16,19H,4,6-8,11-13,15H2,1-3H3,(H,25,26)(H2,22,23,24);1H. The van der Waals surface area contributed by atoms with Crippen LogP contribution in [-0.2, 0) is 16.1 Å². The van der Waals surface area contributed by atoms with E-state index < -0.39 is 0 Å². The van der Waals surface area contributed by atoms with Crippen molar-refractivity contribution in [3.8, 4) is 0 Å². The largest absolute Gasteiger partial charge is 0.368 e. The van der Waals surface area contributed by atoms with E-state index in [2.05, 4.69) is 41.7 Å². The van der Waals surface area contributed by atoms with E-state index in [1.807, 2.05) is 24.3 Å². The van der Waals surface area contributed by atoms with Crippen LogP contribution in [-0.4, -0.2) is 37.7 Å². The summed E-state index contributed by atoms with van der Waals surface area (Å²) < 4.78 is 5.43. The number of rotatable bonds is 9. The average Bonchev–Trinajstić information content (AvgIpc) is 3.18. The van der Waals surface area contributed by atoms with Gasteiger partial charge < -0.3 is 20.7 Å². The molecule has 1 unspecified atom stereocenters. The van der Waals surface area contributed by atoms with Gasteiger partial charge in [0.1, 0.15) is 6.10 Å². The van der Waals surface area contributed by atoms with Crippen molar-refractivity contribution in [2.75, 3.05) is 25.0 Å². The van der Waals surface area contributed by atoms with Gasteiger partial charge in [0.15, 0.2) is 5.96 Å². The van der Waals surface area contributed by atoms with Crippen LogP contribution in [0.25, 0.3) is 0 Å². The summed E-state index contributed by atoms with van der Waals surface area (Å²) in [4.78, 5) is 16.8. The van der Waals surface area contributed by atoms with Gasteiger partial charge in [-0.1, -0.05) is 26.0 Å². The molecule has 1 aliphatic rings. The van der Waals surface area contributed by atoms with Gasteiger partial charge in [-0.25, -0.2) is 4.99 Å². The molecule has 0 radical (unpaired) electrons. The molecule has 1 aromatic rings. The van der Waals surface area contributed by atoms with Gasteiger partial charge in [-0.05, 0) is 56.2 Å². The van der Waals surface area contributed by atoms with Crippen molar-refractivity contribution < 1.29 is 9.53 Å². The fraction of sp³-hybridized carbons (Fsp3) is 0.619. The number of guanidine groups is 1. The minimum absolute atomic E-state index is 0. The Hall–Kier alpha value is -1.35. The average molecular weight is 502 g/mol. The summed E-state index contributed by atoms with van der Waals surface area (Å²) in [5.74, 6) is 1.49. The highest BCUT2D eigenvalue weighted by Crippen LogP contribution is 2.16. The SMILES string of the molecule is CCNC(=NCc1cccc(NC(=O)C2CCCO2)c1)NCCCC(C)C.I. The number of halogens is 1. The number of hydrogen-bond acceptors (Lipinski definition) is 3. The van der Waals surface area contributed by atoms with Crippen molar-refractivity contribution in [3.05, 3.63) is 29.8 Å². The Kier molecular flexibility index (Phi) is 12.1. The third kappa shape index (κ3) is 9.23. The molecule has 1 amide bonds. The molecule has 2 rings (SSSR count). The van der Waals surface area contributed by atoms with Gasteiger partial charge in [0.25, 0.3) is 5.91 Å². The summed E-state index contributed by atoms with van der Waals surface area (Å²) >= 11 is 0. The summed E-state index contributed by atoms with van der Waals surface area (Å²) in [7, 11) is 0. The molecule has 158 valence electrons. The van der Waals surface area contributed by atoms with E-state index in [9.17, 15) is 4.79 Å². The van der Waals surface area contributed by atoms with Gasteiger partial charge in [0.2, 0.25) is 0 Å². The molecule has 1 saturated heterocycles. The Morgan fingerprint density at radius 3 is 2.82 bits per heavy atom. The Morgan fingerprint density at radius 2 is 2.14 bits per heavy atom. The smallest absolute Gasteiger partial charge is 0.253 e. The summed E-state index contributed by atoms with van der Waals surface area (Å²) in [5, 5.41) is 9.61. The summed E-state index contributed by atoms with van der Waals surface area (Å²) in [5.41, 5.74) is 1.85. The molecule has 1 atom stereocenters. The molecule has 1 heterocycles. The van der Waals surface area contributed by atoms with E-state index in [0.717, 1.165) is 55.5 Å². The third-order valence-corrected chi connectivity index (χ3v) is 4.43. The van der Waals surface area contributed by atoms with Gasteiger partial charge in [0, 0.05) is 25.4 Å². The lowest BCUT2D eigenvalue weighted by Gasteiger charge is -2.13. The van der Waals surface area contributed by atoms with Crippen LogP contribution in [0.3, 0.4) is 0 Å². The fourth-order valence-electron chi connectivity index (χ4n) is 2.98. The number of anilines is 1. The second-order valence-electron chi connectivity index (χ2n) is 7.35. The number of amides is 1. The van der Waals surface area contributed by atoms with Crippen LogP contribution >= 0.6 is 24.0 Å². The summed E-state index contributed by atoms with van der Waals surface area (Å²) in [6.07, 6.45) is 3.77. The molecule has 0 saturated carbocycles. The zero-order chi connectivity index (χ0) is 19.5. The van der Waals surface area contributed by atoms with E-state index in [1.165, 1.54) is 6.42 Å². The molecular weight excluding hydrogens is 467 g/mol. The van der Waals surface area contributed by atoms with Gasteiger partial charge in [0.05, 0.1) is 6.54 Å². The van der Waals surface area contributed by atoms with Crippen LogP contribution < -0.4 is 16.0 Å². The van der Waals surface area contributed by atoms with Crippen molar-refractivity contribution in [2.45, 2.75) is 59.1 Å². The lowest BCUT2D eigenvalue weighted by Crippen LogP contribution is -2.37. The van der Waals surface area contributed by atoms with Crippen molar-refractivity contribution in [1.29, 1.82) is 0 Å². The summed E-state index contributed by atoms with van der Waals surface area (Å²) in [6, 6.07) is 7.83. The minimum Gasteiger partial charge on any atom is -0.368 e. The predicted octanol–water partition coefficient (Wildman–Crippen LogP) is 3.91. The Bertz CT molecular complexity index is 616. The summed E-state index contributed by atoms with van der Waals surface area (Å²) in [6.45, 7) is 9.52. The lowest BCUT2D eigenvalue weighted by atomic mass is 10.1. The molecule has 6 nitrogen and oxygen atoms in total. The highest BCUT2D eigenvalue weighted by molar-refractivity contribution is 14.0. The van der Waals surface area contributed by atoms with E-state index >= 15 is 0 Å². The maximum absolute atomic E-state index is 12.2. The van der Waals surface area contributed by atoms with E-state index in [4.69, 9.17) is 4.74 Å². The number of aliphatic imine (C=N–C) groups is 1. The van der Waals surface area contributed by atoms with Crippen LogP contribution in [0.15, 0.2) is 29.3 Å². The molecular formula is C21H35IN4O2. The molecule has 1 aliphatic heterocycles. The van der Waals surface area contributed by atoms with Crippen LogP contribution in [0.4, 0.5) is 5.69 Å². The number of carbonyl (C=O) groups excluding carboxylic acids is 1. The molecule has 1 aromatic carbocycles. The predicted molar refractivity (Wildman–Crippen MR) is 126 cm³/mol. The molecule has 28 heavy (non-hydrogen) atoms. The highest BCUT2D eigenvalue weighted by atomic mass is 127. The Balaban J connectivity index is 0.00000392. The number of carbonyl (C=O) groups is 1. The van der Waals surface area contributed by atoms with Crippen molar-refractivity contribution in [3.63, 3.8) is 0 Å². The van der Waals surface area contributed by atoms with Crippen LogP contribution in [0.5, 0.6) is 0 Å². The van der Waals surface area contributed by atoms with Crippen LogP contribution in [0.2, 0.25) is 0 Å². The first-order chi connectivity index (χ1) is 13.1. The van der Waals surface area contributed by atoms with Crippen molar-refractivity contribution in [1.82, 2.24) is 10.6 Å². The van der Waals surface area contributed by atoms with Crippen molar-refractivity contribution in [2.24, 2.45) is 10.9 Å².